The highest BCUT2D eigenvalue weighted by atomic mass is 35.5. The molecular formula is C14H13ClN4OS2. The average molecular weight is 353 g/mol. The van der Waals surface area contributed by atoms with Gasteiger partial charge in [-0.3, -0.25) is 4.98 Å². The molecule has 0 fully saturated rings. The molecule has 3 heterocycles. The van der Waals surface area contributed by atoms with Crippen molar-refractivity contribution < 1.29 is 4.42 Å². The van der Waals surface area contributed by atoms with Gasteiger partial charge in [0.15, 0.2) is 10.7 Å². The van der Waals surface area contributed by atoms with Gasteiger partial charge in [0.2, 0.25) is 0 Å². The number of anilines is 1. The number of aromatic nitrogens is 3. The minimum atomic E-state index is 0.0619. The Hall–Kier alpha value is -1.44. The number of hydrogen-bond donors (Lipinski definition) is 1. The zero-order valence-electron chi connectivity index (χ0n) is 11.9. The molecule has 0 bridgehead atoms. The molecule has 0 spiro atoms. The molecule has 0 aliphatic carbocycles. The van der Waals surface area contributed by atoms with E-state index in [-0.39, 0.29) is 5.25 Å². The van der Waals surface area contributed by atoms with E-state index in [4.69, 9.17) is 21.8 Å². The maximum atomic E-state index is 6.10. The maximum Gasteiger partial charge on any atom is 0.191 e. The van der Waals surface area contributed by atoms with Crippen LogP contribution in [0, 0.1) is 0 Å². The van der Waals surface area contributed by atoms with Crippen molar-refractivity contribution >= 4 is 51.9 Å². The molecule has 3 aromatic heterocycles. The molecule has 114 valence electrons. The third kappa shape index (κ3) is 3.16. The first kappa shape index (κ1) is 15.5. The zero-order valence-corrected chi connectivity index (χ0v) is 14.3. The Labute approximate surface area is 141 Å². The summed E-state index contributed by atoms with van der Waals surface area (Å²) in [5, 5.41) is 2.99. The summed E-state index contributed by atoms with van der Waals surface area (Å²) in [4.78, 5) is 13.1. The van der Waals surface area contributed by atoms with Crippen molar-refractivity contribution in [3.8, 4) is 0 Å². The van der Waals surface area contributed by atoms with Crippen molar-refractivity contribution in [1.29, 1.82) is 0 Å². The normalized spacial score (nSPS) is 12.7. The SMILES string of the molecule is CSc1cc(N)nc(SC(C)c2cc3c(Cl)coc3cn2)n1. The van der Waals surface area contributed by atoms with Crippen LogP contribution in [-0.4, -0.2) is 21.2 Å². The molecule has 1 unspecified atom stereocenters. The first-order valence-corrected chi connectivity index (χ1v) is 8.93. The summed E-state index contributed by atoms with van der Waals surface area (Å²) in [6.45, 7) is 2.04. The molecule has 5 nitrogen and oxygen atoms in total. The molecule has 1 atom stereocenters. The van der Waals surface area contributed by atoms with Gasteiger partial charge in [0.1, 0.15) is 17.1 Å². The maximum absolute atomic E-state index is 6.10. The van der Waals surface area contributed by atoms with Crippen LogP contribution in [0.2, 0.25) is 5.02 Å². The predicted molar refractivity (Wildman–Crippen MR) is 91.5 cm³/mol. The number of pyridine rings is 1. The number of furan rings is 1. The lowest BCUT2D eigenvalue weighted by Gasteiger charge is -2.10. The first-order valence-electron chi connectivity index (χ1n) is 6.44. The van der Waals surface area contributed by atoms with Gasteiger partial charge in [0.25, 0.3) is 0 Å². The first-order chi connectivity index (χ1) is 10.6. The van der Waals surface area contributed by atoms with E-state index in [9.17, 15) is 0 Å². The zero-order chi connectivity index (χ0) is 15.7. The second-order valence-electron chi connectivity index (χ2n) is 4.57. The van der Waals surface area contributed by atoms with Crippen molar-refractivity contribution in [2.45, 2.75) is 22.4 Å². The van der Waals surface area contributed by atoms with Crippen molar-refractivity contribution in [3.05, 3.63) is 35.3 Å². The van der Waals surface area contributed by atoms with Crippen LogP contribution in [0.3, 0.4) is 0 Å². The number of nitrogens with two attached hydrogens (primary N) is 1. The second-order valence-corrected chi connectivity index (χ2v) is 7.11. The third-order valence-corrected chi connectivity index (χ3v) is 4.95. The van der Waals surface area contributed by atoms with Crippen LogP contribution >= 0.6 is 35.1 Å². The van der Waals surface area contributed by atoms with Gasteiger partial charge in [-0.15, -0.1) is 11.8 Å². The quantitative estimate of drug-likeness (QED) is 0.422. The summed E-state index contributed by atoms with van der Waals surface area (Å²) in [6, 6.07) is 3.69. The van der Waals surface area contributed by atoms with E-state index in [1.807, 2.05) is 19.2 Å². The minimum Gasteiger partial charge on any atom is -0.461 e. The van der Waals surface area contributed by atoms with Gasteiger partial charge in [-0.05, 0) is 19.2 Å². The number of thioether (sulfide) groups is 2. The topological polar surface area (TPSA) is 77.8 Å². The standard InChI is InChI=1S/C14H13ClN4OS2/c1-7(22-14-18-12(16)4-13(19-14)21-2)10-3-8-9(15)6-20-11(8)5-17-10/h3-7H,1-2H3,(H2,16,18,19). The molecule has 0 aliphatic heterocycles. The molecule has 0 radical (unpaired) electrons. The number of hydrogen-bond acceptors (Lipinski definition) is 7. The molecule has 0 saturated heterocycles. The van der Waals surface area contributed by atoms with E-state index in [0.29, 0.717) is 21.6 Å². The summed E-state index contributed by atoms with van der Waals surface area (Å²) in [6.07, 6.45) is 5.15. The summed E-state index contributed by atoms with van der Waals surface area (Å²) < 4.78 is 5.30. The van der Waals surface area contributed by atoms with Gasteiger partial charge in [-0.2, -0.15) is 0 Å². The van der Waals surface area contributed by atoms with Crippen LogP contribution < -0.4 is 5.73 Å². The van der Waals surface area contributed by atoms with Gasteiger partial charge in [-0.1, -0.05) is 23.4 Å². The fourth-order valence-corrected chi connectivity index (χ4v) is 3.48. The van der Waals surface area contributed by atoms with Crippen molar-refractivity contribution in [1.82, 2.24) is 15.0 Å². The number of nitrogen functional groups attached to an aromatic ring is 1. The summed E-state index contributed by atoms with van der Waals surface area (Å²) >= 11 is 9.14. The highest BCUT2D eigenvalue weighted by molar-refractivity contribution is 7.99. The fraction of sp³-hybridized carbons (Fsp3) is 0.214. The Morgan fingerprint density at radius 1 is 1.32 bits per heavy atom. The summed E-state index contributed by atoms with van der Waals surface area (Å²) in [5.74, 6) is 0.468. The highest BCUT2D eigenvalue weighted by Crippen LogP contribution is 2.35. The lowest BCUT2D eigenvalue weighted by Crippen LogP contribution is -1.99. The van der Waals surface area contributed by atoms with Crippen LogP contribution in [-0.2, 0) is 0 Å². The molecule has 8 heteroatoms. The van der Waals surface area contributed by atoms with E-state index >= 15 is 0 Å². The number of halogens is 1. The molecular weight excluding hydrogens is 340 g/mol. The van der Waals surface area contributed by atoms with Crippen molar-refractivity contribution in [3.63, 3.8) is 0 Å². The largest absolute Gasteiger partial charge is 0.461 e. The van der Waals surface area contributed by atoms with Crippen LogP contribution in [0.15, 0.2) is 39.2 Å². The van der Waals surface area contributed by atoms with E-state index in [1.165, 1.54) is 29.8 Å². The predicted octanol–water partition coefficient (Wildman–Crippen LogP) is 4.43. The summed E-state index contributed by atoms with van der Waals surface area (Å²) in [7, 11) is 0. The summed E-state index contributed by atoms with van der Waals surface area (Å²) in [5.41, 5.74) is 7.37. The molecule has 0 aliphatic rings. The molecule has 2 N–H and O–H groups in total. The van der Waals surface area contributed by atoms with Gasteiger partial charge >= 0.3 is 0 Å². The number of nitrogens with zero attached hydrogens (tertiary/aromatic N) is 3. The van der Waals surface area contributed by atoms with Crippen LogP contribution in [0.1, 0.15) is 17.9 Å². The molecule has 3 aromatic rings. The Bertz CT molecular complexity index is 824. The monoisotopic (exact) mass is 352 g/mol. The van der Waals surface area contributed by atoms with Crippen LogP contribution in [0.25, 0.3) is 11.0 Å². The van der Waals surface area contributed by atoms with Gasteiger partial charge in [0, 0.05) is 11.5 Å². The molecule has 22 heavy (non-hydrogen) atoms. The second kappa shape index (κ2) is 6.36. The van der Waals surface area contributed by atoms with Crippen LogP contribution in [0.4, 0.5) is 5.82 Å². The van der Waals surface area contributed by atoms with E-state index < -0.39 is 0 Å². The van der Waals surface area contributed by atoms with Gasteiger partial charge in [0.05, 0.1) is 22.2 Å². The smallest absolute Gasteiger partial charge is 0.191 e. The Morgan fingerprint density at radius 3 is 2.91 bits per heavy atom. The van der Waals surface area contributed by atoms with Crippen molar-refractivity contribution in [2.24, 2.45) is 0 Å². The van der Waals surface area contributed by atoms with Gasteiger partial charge in [-0.25, -0.2) is 9.97 Å². The fourth-order valence-electron chi connectivity index (χ4n) is 1.94. The Morgan fingerprint density at radius 2 is 2.14 bits per heavy atom. The van der Waals surface area contributed by atoms with E-state index in [0.717, 1.165) is 16.1 Å². The lowest BCUT2D eigenvalue weighted by molar-refractivity contribution is 0.614. The van der Waals surface area contributed by atoms with Crippen LogP contribution in [0.5, 0.6) is 0 Å². The molecule has 3 rings (SSSR count). The van der Waals surface area contributed by atoms with Gasteiger partial charge < -0.3 is 10.2 Å². The average Bonchev–Trinajstić information content (AvgIpc) is 2.87. The van der Waals surface area contributed by atoms with E-state index in [2.05, 4.69) is 15.0 Å². The number of rotatable bonds is 4. The minimum absolute atomic E-state index is 0.0619. The molecule has 0 saturated carbocycles. The highest BCUT2D eigenvalue weighted by Gasteiger charge is 2.14. The lowest BCUT2D eigenvalue weighted by atomic mass is 10.2. The molecule has 0 aromatic carbocycles. The third-order valence-electron chi connectivity index (χ3n) is 3.04. The molecule has 0 amide bonds. The van der Waals surface area contributed by atoms with E-state index in [1.54, 1.807) is 12.3 Å². The Kier molecular flexibility index (Phi) is 4.46. The van der Waals surface area contributed by atoms with Crippen molar-refractivity contribution in [2.75, 3.05) is 12.0 Å². The number of fused-ring (bicyclic) bond motifs is 1. The Balaban J connectivity index is 1.87.